The van der Waals surface area contributed by atoms with Gasteiger partial charge in [0, 0.05) is 6.54 Å². The minimum Gasteiger partial charge on any atom is -0.494 e. The molecule has 0 unspecified atom stereocenters. The van der Waals surface area contributed by atoms with Crippen LogP contribution >= 0.6 is 0 Å². The summed E-state index contributed by atoms with van der Waals surface area (Å²) in [4.78, 5) is 23.6. The lowest BCUT2D eigenvalue weighted by Gasteiger charge is -2.13. The van der Waals surface area contributed by atoms with Crippen LogP contribution in [0.2, 0.25) is 0 Å². The molecule has 0 bridgehead atoms. The van der Waals surface area contributed by atoms with Crippen molar-refractivity contribution in [1.82, 2.24) is 5.32 Å². The highest BCUT2D eigenvalue weighted by Gasteiger charge is 2.32. The van der Waals surface area contributed by atoms with Gasteiger partial charge >= 0.3 is 12.1 Å². The Morgan fingerprint density at radius 1 is 1.04 bits per heavy atom. The number of nitrogens with one attached hydrogen (secondary N) is 1. The van der Waals surface area contributed by atoms with Gasteiger partial charge in [-0.1, -0.05) is 18.2 Å². The molecule has 0 heterocycles. The van der Waals surface area contributed by atoms with Gasteiger partial charge in [0.05, 0.1) is 17.7 Å². The molecule has 0 aliphatic heterocycles. The Balaban J connectivity index is 1.85. The third kappa shape index (κ3) is 6.02. The molecule has 1 amide bonds. The van der Waals surface area contributed by atoms with E-state index >= 15 is 0 Å². The van der Waals surface area contributed by atoms with Crippen LogP contribution in [-0.2, 0) is 22.3 Å². The van der Waals surface area contributed by atoms with E-state index in [1.54, 1.807) is 12.1 Å². The number of carbonyl (C=O) groups is 2. The Morgan fingerprint density at radius 3 is 2.33 bits per heavy atom. The predicted molar refractivity (Wildman–Crippen MR) is 91.2 cm³/mol. The SMILES string of the molecule is CCOc1ccc(C(=O)OCC(=O)NCc2ccccc2C(F)(F)F)cc1. The first-order valence-electron chi connectivity index (χ1n) is 8.13. The highest BCUT2D eigenvalue weighted by Crippen LogP contribution is 2.31. The first kappa shape index (κ1) is 20.3. The van der Waals surface area contributed by atoms with Crippen molar-refractivity contribution in [3.05, 3.63) is 65.2 Å². The minimum atomic E-state index is -4.51. The first-order chi connectivity index (χ1) is 12.8. The van der Waals surface area contributed by atoms with Crippen LogP contribution in [0.1, 0.15) is 28.4 Å². The largest absolute Gasteiger partial charge is 0.494 e. The molecule has 0 saturated heterocycles. The third-order valence-electron chi connectivity index (χ3n) is 3.53. The molecule has 5 nitrogen and oxygen atoms in total. The van der Waals surface area contributed by atoms with Gasteiger partial charge in [-0.3, -0.25) is 4.79 Å². The van der Waals surface area contributed by atoms with E-state index in [0.29, 0.717) is 12.4 Å². The number of amides is 1. The molecule has 2 aromatic carbocycles. The fourth-order valence-corrected chi connectivity index (χ4v) is 2.26. The van der Waals surface area contributed by atoms with Crippen molar-refractivity contribution in [1.29, 1.82) is 0 Å². The van der Waals surface area contributed by atoms with E-state index in [2.05, 4.69) is 5.32 Å². The van der Waals surface area contributed by atoms with Gasteiger partial charge in [0.15, 0.2) is 6.61 Å². The molecule has 27 heavy (non-hydrogen) atoms. The molecule has 2 aromatic rings. The van der Waals surface area contributed by atoms with Gasteiger partial charge in [-0.2, -0.15) is 13.2 Å². The van der Waals surface area contributed by atoms with Gasteiger partial charge in [0.25, 0.3) is 5.91 Å². The topological polar surface area (TPSA) is 64.6 Å². The zero-order valence-corrected chi connectivity index (χ0v) is 14.5. The normalized spacial score (nSPS) is 11.0. The van der Waals surface area contributed by atoms with Crippen molar-refractivity contribution in [3.8, 4) is 5.75 Å². The van der Waals surface area contributed by atoms with Crippen LogP contribution in [0.15, 0.2) is 48.5 Å². The molecule has 144 valence electrons. The zero-order valence-electron chi connectivity index (χ0n) is 14.5. The fourth-order valence-electron chi connectivity index (χ4n) is 2.26. The highest BCUT2D eigenvalue weighted by molar-refractivity contribution is 5.91. The maximum atomic E-state index is 12.9. The van der Waals surface area contributed by atoms with Gasteiger partial charge in [-0.25, -0.2) is 4.79 Å². The van der Waals surface area contributed by atoms with Crippen LogP contribution in [0.3, 0.4) is 0 Å². The molecule has 0 spiro atoms. The van der Waals surface area contributed by atoms with Crippen LogP contribution in [-0.4, -0.2) is 25.1 Å². The average Bonchev–Trinajstić information content (AvgIpc) is 2.65. The Morgan fingerprint density at radius 2 is 1.70 bits per heavy atom. The fraction of sp³-hybridized carbons (Fsp3) is 0.263. The van der Waals surface area contributed by atoms with E-state index in [0.717, 1.165) is 6.07 Å². The molecule has 0 fully saturated rings. The maximum Gasteiger partial charge on any atom is 0.416 e. The second kappa shape index (κ2) is 9.07. The van der Waals surface area contributed by atoms with Gasteiger partial charge in [-0.15, -0.1) is 0 Å². The zero-order chi connectivity index (χ0) is 19.9. The Labute approximate surface area is 154 Å². The number of hydrogen-bond acceptors (Lipinski definition) is 4. The third-order valence-corrected chi connectivity index (χ3v) is 3.53. The molecule has 0 aliphatic carbocycles. The van der Waals surface area contributed by atoms with Crippen molar-refractivity contribution >= 4 is 11.9 Å². The molecule has 0 aliphatic rings. The number of halogens is 3. The lowest BCUT2D eigenvalue weighted by Crippen LogP contribution is -2.29. The monoisotopic (exact) mass is 381 g/mol. The second-order valence-electron chi connectivity index (χ2n) is 5.47. The van der Waals surface area contributed by atoms with Crippen LogP contribution in [0.4, 0.5) is 13.2 Å². The van der Waals surface area contributed by atoms with Crippen LogP contribution in [0.25, 0.3) is 0 Å². The molecule has 0 saturated carbocycles. The second-order valence-corrected chi connectivity index (χ2v) is 5.47. The molecule has 0 radical (unpaired) electrons. The lowest BCUT2D eigenvalue weighted by molar-refractivity contribution is -0.138. The quantitative estimate of drug-likeness (QED) is 0.745. The Hall–Kier alpha value is -3.03. The summed E-state index contributed by atoms with van der Waals surface area (Å²) in [6.45, 7) is 1.39. The maximum absolute atomic E-state index is 12.9. The summed E-state index contributed by atoms with van der Waals surface area (Å²) < 4.78 is 48.8. The minimum absolute atomic E-state index is 0.0730. The number of carbonyl (C=O) groups excluding carboxylic acids is 2. The number of benzene rings is 2. The Kier molecular flexibility index (Phi) is 6.81. The predicted octanol–water partition coefficient (Wildman–Crippen LogP) is 3.58. The van der Waals surface area contributed by atoms with Gasteiger partial charge in [0.1, 0.15) is 5.75 Å². The van der Waals surface area contributed by atoms with Crippen molar-refractivity contribution in [2.75, 3.05) is 13.2 Å². The summed E-state index contributed by atoms with van der Waals surface area (Å²) in [7, 11) is 0. The number of esters is 1. The van der Waals surface area contributed by atoms with Crippen molar-refractivity contribution in [2.45, 2.75) is 19.6 Å². The smallest absolute Gasteiger partial charge is 0.416 e. The average molecular weight is 381 g/mol. The summed E-state index contributed by atoms with van der Waals surface area (Å²) in [5.41, 5.74) is -0.665. The van der Waals surface area contributed by atoms with Crippen molar-refractivity contribution in [3.63, 3.8) is 0 Å². The van der Waals surface area contributed by atoms with E-state index in [1.165, 1.54) is 30.3 Å². The van der Waals surface area contributed by atoms with E-state index in [1.807, 2.05) is 6.92 Å². The molecular weight excluding hydrogens is 363 g/mol. The van der Waals surface area contributed by atoms with Crippen LogP contribution in [0.5, 0.6) is 5.75 Å². The molecule has 0 aromatic heterocycles. The van der Waals surface area contributed by atoms with Gasteiger partial charge < -0.3 is 14.8 Å². The highest BCUT2D eigenvalue weighted by atomic mass is 19.4. The molecule has 2 rings (SSSR count). The first-order valence-corrected chi connectivity index (χ1v) is 8.13. The summed E-state index contributed by atoms with van der Waals surface area (Å²) in [6.07, 6.45) is -4.51. The molecule has 1 N–H and O–H groups in total. The number of rotatable bonds is 7. The Bertz CT molecular complexity index is 788. The van der Waals surface area contributed by atoms with E-state index in [-0.39, 0.29) is 17.7 Å². The summed E-state index contributed by atoms with van der Waals surface area (Å²) in [5.74, 6) is -0.828. The van der Waals surface area contributed by atoms with E-state index < -0.39 is 30.2 Å². The summed E-state index contributed by atoms with van der Waals surface area (Å²) in [6, 6.07) is 11.1. The van der Waals surface area contributed by atoms with Gasteiger partial charge in [0.2, 0.25) is 0 Å². The van der Waals surface area contributed by atoms with Crippen molar-refractivity contribution < 1.29 is 32.2 Å². The van der Waals surface area contributed by atoms with Crippen LogP contribution < -0.4 is 10.1 Å². The lowest BCUT2D eigenvalue weighted by atomic mass is 10.1. The molecule has 0 atom stereocenters. The number of ether oxygens (including phenoxy) is 2. The molecular formula is C19H18F3NO4. The summed E-state index contributed by atoms with van der Waals surface area (Å²) in [5, 5.41) is 2.31. The van der Waals surface area contributed by atoms with Gasteiger partial charge in [-0.05, 0) is 42.8 Å². The van der Waals surface area contributed by atoms with E-state index in [9.17, 15) is 22.8 Å². The van der Waals surface area contributed by atoms with E-state index in [4.69, 9.17) is 9.47 Å². The standard InChI is InChI=1S/C19H18F3NO4/c1-2-26-15-9-7-13(8-10-15)18(25)27-12-17(24)23-11-14-5-3-4-6-16(14)19(20,21)22/h3-10H,2,11-12H2,1H3,(H,23,24). The van der Waals surface area contributed by atoms with Crippen molar-refractivity contribution in [2.24, 2.45) is 0 Å². The molecule has 8 heteroatoms. The van der Waals surface area contributed by atoms with Crippen LogP contribution in [0, 0.1) is 0 Å². The number of alkyl halides is 3. The summed E-state index contributed by atoms with van der Waals surface area (Å²) >= 11 is 0. The number of hydrogen-bond donors (Lipinski definition) is 1.